The molecule has 0 amide bonds. The van der Waals surface area contributed by atoms with Gasteiger partial charge in [0.1, 0.15) is 0 Å². The summed E-state index contributed by atoms with van der Waals surface area (Å²) in [4.78, 5) is 0. The maximum absolute atomic E-state index is 4.91. The Morgan fingerprint density at radius 2 is 2.57 bits per heavy atom. The maximum atomic E-state index is 4.91. The summed E-state index contributed by atoms with van der Waals surface area (Å²) < 4.78 is 4.91. The molecule has 0 aromatic heterocycles. The fourth-order valence-corrected chi connectivity index (χ4v) is 0.768. The van der Waals surface area contributed by atoms with Crippen molar-refractivity contribution in [3.63, 3.8) is 0 Å². The molecule has 1 unspecified atom stereocenters. The predicted octanol–water partition coefficient (Wildman–Crippen LogP) is 1.25. The molecule has 1 rings (SSSR count). The summed E-state index contributed by atoms with van der Waals surface area (Å²) in [5.74, 6) is 0.782. The van der Waals surface area contributed by atoms with E-state index in [0.717, 1.165) is 12.5 Å². The van der Waals surface area contributed by atoms with E-state index < -0.39 is 0 Å². The van der Waals surface area contributed by atoms with Crippen LogP contribution in [0.5, 0.6) is 0 Å². The highest BCUT2D eigenvalue weighted by atomic mass is 16.5. The highest BCUT2D eigenvalue weighted by molar-refractivity contribution is 4.86. The monoisotopic (exact) mass is 99.1 g/mol. The third-order valence-electron chi connectivity index (χ3n) is 1.42. The molecule has 1 atom stereocenters. The van der Waals surface area contributed by atoms with Crippen molar-refractivity contribution in [2.75, 3.05) is 13.7 Å². The van der Waals surface area contributed by atoms with Crippen LogP contribution < -0.4 is 0 Å². The van der Waals surface area contributed by atoms with Crippen LogP contribution in [0.3, 0.4) is 0 Å². The molecule has 0 bridgehead atoms. The van der Waals surface area contributed by atoms with Gasteiger partial charge in [0.15, 0.2) is 0 Å². The van der Waals surface area contributed by atoms with Crippen molar-refractivity contribution >= 4 is 0 Å². The molecular weight excluding hydrogens is 88.1 g/mol. The Morgan fingerprint density at radius 3 is 2.71 bits per heavy atom. The molecule has 1 aliphatic carbocycles. The molecule has 0 spiro atoms. The van der Waals surface area contributed by atoms with Crippen molar-refractivity contribution < 1.29 is 4.74 Å². The van der Waals surface area contributed by atoms with Crippen LogP contribution in [0.25, 0.3) is 0 Å². The molecule has 1 aliphatic rings. The van der Waals surface area contributed by atoms with Gasteiger partial charge in [-0.05, 0) is 25.2 Å². The Morgan fingerprint density at radius 1 is 1.86 bits per heavy atom. The van der Waals surface area contributed by atoms with Gasteiger partial charge in [-0.1, -0.05) is 0 Å². The van der Waals surface area contributed by atoms with Gasteiger partial charge >= 0.3 is 0 Å². The van der Waals surface area contributed by atoms with Crippen LogP contribution in [0.15, 0.2) is 0 Å². The van der Waals surface area contributed by atoms with Crippen LogP contribution in [0.1, 0.15) is 12.8 Å². The molecule has 0 aliphatic heterocycles. The van der Waals surface area contributed by atoms with Crippen molar-refractivity contribution in [2.45, 2.75) is 12.8 Å². The molecule has 1 heteroatoms. The van der Waals surface area contributed by atoms with Crippen LogP contribution in [-0.2, 0) is 4.74 Å². The van der Waals surface area contributed by atoms with Crippen molar-refractivity contribution in [1.82, 2.24) is 0 Å². The molecule has 41 valence electrons. The molecular formula is C6H11O. The average Bonchev–Trinajstić information content (AvgIpc) is 1.55. The van der Waals surface area contributed by atoms with Crippen molar-refractivity contribution in [3.8, 4) is 0 Å². The maximum Gasteiger partial charge on any atom is 0.0493 e. The van der Waals surface area contributed by atoms with Crippen molar-refractivity contribution in [1.29, 1.82) is 0 Å². The Bertz CT molecular complexity index is 48.1. The second kappa shape index (κ2) is 2.31. The van der Waals surface area contributed by atoms with E-state index in [4.69, 9.17) is 4.74 Å². The molecule has 1 nitrogen and oxygen atoms in total. The first-order valence-electron chi connectivity index (χ1n) is 2.76. The van der Waals surface area contributed by atoms with Gasteiger partial charge in [0.25, 0.3) is 0 Å². The Kier molecular flexibility index (Phi) is 1.69. The normalized spacial score (nSPS) is 21.9. The minimum atomic E-state index is 0.782. The molecule has 1 radical (unpaired) electrons. The number of methoxy groups -OCH3 is 1. The second-order valence-electron chi connectivity index (χ2n) is 2.03. The number of rotatable bonds is 2. The van der Waals surface area contributed by atoms with E-state index in [-0.39, 0.29) is 0 Å². The van der Waals surface area contributed by atoms with Gasteiger partial charge in [-0.2, -0.15) is 0 Å². The lowest BCUT2D eigenvalue weighted by atomic mass is 9.86. The quantitative estimate of drug-likeness (QED) is 0.506. The lowest BCUT2D eigenvalue weighted by Crippen LogP contribution is -2.16. The predicted molar refractivity (Wildman–Crippen MR) is 28.9 cm³/mol. The van der Waals surface area contributed by atoms with Gasteiger partial charge in [-0.25, -0.2) is 0 Å². The van der Waals surface area contributed by atoms with Crippen molar-refractivity contribution in [3.05, 3.63) is 6.42 Å². The Labute approximate surface area is 44.7 Å². The summed E-state index contributed by atoms with van der Waals surface area (Å²) in [6.45, 7) is 0.931. The number of hydrogen-bond donors (Lipinski definition) is 0. The van der Waals surface area contributed by atoms with E-state index in [9.17, 15) is 0 Å². The topological polar surface area (TPSA) is 9.23 Å². The third-order valence-corrected chi connectivity index (χ3v) is 1.42. The van der Waals surface area contributed by atoms with Crippen LogP contribution in [-0.4, -0.2) is 13.7 Å². The van der Waals surface area contributed by atoms with Gasteiger partial charge in [0.05, 0.1) is 0 Å². The summed E-state index contributed by atoms with van der Waals surface area (Å²) in [5, 5.41) is 0. The van der Waals surface area contributed by atoms with E-state index in [1.54, 1.807) is 7.11 Å². The van der Waals surface area contributed by atoms with Crippen LogP contribution >= 0.6 is 0 Å². The first-order chi connectivity index (χ1) is 3.43. The van der Waals surface area contributed by atoms with E-state index in [1.807, 2.05) is 0 Å². The summed E-state index contributed by atoms with van der Waals surface area (Å²) in [5.41, 5.74) is 0. The van der Waals surface area contributed by atoms with Gasteiger partial charge in [0.2, 0.25) is 0 Å². The summed E-state index contributed by atoms with van der Waals surface area (Å²) in [6, 6.07) is 0. The SMILES string of the molecule is COCC1[CH]CC1. The molecule has 1 fully saturated rings. The summed E-state index contributed by atoms with van der Waals surface area (Å²) in [7, 11) is 1.76. The van der Waals surface area contributed by atoms with Crippen molar-refractivity contribution in [2.24, 2.45) is 5.92 Å². The number of hydrogen-bond acceptors (Lipinski definition) is 1. The molecule has 0 aromatic rings. The van der Waals surface area contributed by atoms with E-state index in [2.05, 4.69) is 6.42 Å². The fraction of sp³-hybridized carbons (Fsp3) is 0.833. The zero-order chi connectivity index (χ0) is 5.11. The zero-order valence-corrected chi connectivity index (χ0v) is 4.68. The Hall–Kier alpha value is -0.0400. The van der Waals surface area contributed by atoms with E-state index in [1.165, 1.54) is 12.8 Å². The van der Waals surface area contributed by atoms with E-state index >= 15 is 0 Å². The molecule has 0 heterocycles. The lowest BCUT2D eigenvalue weighted by Gasteiger charge is -2.23. The largest absolute Gasteiger partial charge is 0.384 e. The van der Waals surface area contributed by atoms with Gasteiger partial charge in [0, 0.05) is 13.7 Å². The highest BCUT2D eigenvalue weighted by Crippen LogP contribution is 2.24. The zero-order valence-electron chi connectivity index (χ0n) is 4.68. The highest BCUT2D eigenvalue weighted by Gasteiger charge is 2.16. The molecule has 0 N–H and O–H groups in total. The van der Waals surface area contributed by atoms with Gasteiger partial charge < -0.3 is 4.74 Å². The summed E-state index contributed by atoms with van der Waals surface area (Å²) in [6.07, 6.45) is 4.95. The third kappa shape index (κ3) is 1.16. The Balaban J connectivity index is 1.93. The van der Waals surface area contributed by atoms with E-state index in [0.29, 0.717) is 0 Å². The van der Waals surface area contributed by atoms with Crippen LogP contribution in [0.4, 0.5) is 0 Å². The first-order valence-corrected chi connectivity index (χ1v) is 2.76. The van der Waals surface area contributed by atoms with Gasteiger partial charge in [-0.15, -0.1) is 0 Å². The minimum absolute atomic E-state index is 0.782. The van der Waals surface area contributed by atoms with Gasteiger partial charge in [-0.3, -0.25) is 0 Å². The second-order valence-corrected chi connectivity index (χ2v) is 2.03. The smallest absolute Gasteiger partial charge is 0.0493 e. The fourth-order valence-electron chi connectivity index (χ4n) is 0.768. The average molecular weight is 99.2 g/mol. The van der Waals surface area contributed by atoms with Crippen LogP contribution in [0.2, 0.25) is 0 Å². The minimum Gasteiger partial charge on any atom is -0.384 e. The molecule has 1 saturated carbocycles. The first kappa shape index (κ1) is 5.10. The standard InChI is InChI=1S/C6H11O/c1-7-5-6-3-2-4-6/h3,6H,2,4-5H2,1H3. The molecule has 0 saturated heterocycles. The van der Waals surface area contributed by atoms with Crippen LogP contribution in [0, 0.1) is 12.3 Å². The number of ether oxygens (including phenoxy) is 1. The molecule has 7 heavy (non-hydrogen) atoms. The lowest BCUT2D eigenvalue weighted by molar-refractivity contribution is 0.141. The molecule has 0 aromatic carbocycles. The summed E-state index contributed by atoms with van der Waals surface area (Å²) >= 11 is 0.